The van der Waals surface area contributed by atoms with E-state index in [2.05, 4.69) is 29.1 Å². The van der Waals surface area contributed by atoms with E-state index in [1.807, 2.05) is 37.2 Å². The Labute approximate surface area is 109 Å². The molecule has 5 nitrogen and oxygen atoms in total. The molecule has 0 aromatic carbocycles. The first-order chi connectivity index (χ1) is 8.49. The van der Waals surface area contributed by atoms with Crippen LogP contribution >= 0.6 is 0 Å². The standard InChI is InChI=1S/C13H23N5/c1-10(2)8-15-13(14)16-9-11-6-5-7-12(17-11)18(3)4/h5-7,10H,8-9H2,1-4H3,(H3,14,15,16). The molecule has 0 aliphatic rings. The normalized spacial score (nSPS) is 11.7. The van der Waals surface area contributed by atoms with Crippen LogP contribution < -0.4 is 16.0 Å². The van der Waals surface area contributed by atoms with Crippen molar-refractivity contribution in [2.24, 2.45) is 16.6 Å². The number of nitrogens with zero attached hydrogens (tertiary/aromatic N) is 3. The molecule has 100 valence electrons. The van der Waals surface area contributed by atoms with E-state index in [0.717, 1.165) is 18.1 Å². The number of pyridine rings is 1. The fourth-order valence-electron chi connectivity index (χ4n) is 1.33. The number of anilines is 1. The highest BCUT2D eigenvalue weighted by molar-refractivity contribution is 5.77. The molecule has 0 unspecified atom stereocenters. The second-order valence-electron chi connectivity index (χ2n) is 4.86. The average Bonchev–Trinajstić information content (AvgIpc) is 2.34. The molecule has 0 aliphatic carbocycles. The van der Waals surface area contributed by atoms with Crippen LogP contribution in [0.4, 0.5) is 5.82 Å². The molecule has 0 atom stereocenters. The Bertz CT molecular complexity index is 398. The van der Waals surface area contributed by atoms with E-state index < -0.39 is 0 Å². The highest BCUT2D eigenvalue weighted by atomic mass is 15.1. The van der Waals surface area contributed by atoms with Crippen LogP contribution in [0.5, 0.6) is 0 Å². The third-order valence-corrected chi connectivity index (χ3v) is 2.35. The van der Waals surface area contributed by atoms with Gasteiger partial charge in [0.05, 0.1) is 12.2 Å². The Balaban J connectivity index is 2.56. The molecular formula is C13H23N5. The van der Waals surface area contributed by atoms with Gasteiger partial charge in [0.2, 0.25) is 0 Å². The third-order valence-electron chi connectivity index (χ3n) is 2.35. The summed E-state index contributed by atoms with van der Waals surface area (Å²) in [4.78, 5) is 10.7. The quantitative estimate of drug-likeness (QED) is 0.608. The molecule has 0 aliphatic heterocycles. The summed E-state index contributed by atoms with van der Waals surface area (Å²) in [6, 6.07) is 5.89. The minimum absolute atomic E-state index is 0.473. The van der Waals surface area contributed by atoms with E-state index in [9.17, 15) is 0 Å². The summed E-state index contributed by atoms with van der Waals surface area (Å²) in [5.41, 5.74) is 6.68. The Morgan fingerprint density at radius 2 is 2.17 bits per heavy atom. The van der Waals surface area contributed by atoms with Gasteiger partial charge in [-0.2, -0.15) is 0 Å². The minimum Gasteiger partial charge on any atom is -0.370 e. The molecule has 5 heteroatoms. The number of aliphatic imine (C=N–C) groups is 1. The number of nitrogens with one attached hydrogen (secondary N) is 1. The van der Waals surface area contributed by atoms with Crippen LogP contribution in [0.2, 0.25) is 0 Å². The van der Waals surface area contributed by atoms with Gasteiger partial charge in [-0.1, -0.05) is 19.9 Å². The predicted octanol–water partition coefficient (Wildman–Crippen LogP) is 1.21. The van der Waals surface area contributed by atoms with Crippen molar-refractivity contribution in [1.29, 1.82) is 0 Å². The second-order valence-corrected chi connectivity index (χ2v) is 4.86. The smallest absolute Gasteiger partial charge is 0.188 e. The van der Waals surface area contributed by atoms with E-state index in [-0.39, 0.29) is 0 Å². The summed E-state index contributed by atoms with van der Waals surface area (Å²) in [6.45, 7) is 5.59. The first-order valence-electron chi connectivity index (χ1n) is 6.16. The minimum atomic E-state index is 0.473. The second kappa shape index (κ2) is 6.83. The SMILES string of the molecule is CC(C)CNC(N)=NCc1cccc(N(C)C)n1. The van der Waals surface area contributed by atoms with Crippen LogP contribution in [-0.4, -0.2) is 31.6 Å². The lowest BCUT2D eigenvalue weighted by Crippen LogP contribution is -2.34. The number of aromatic nitrogens is 1. The van der Waals surface area contributed by atoms with Crippen molar-refractivity contribution in [2.45, 2.75) is 20.4 Å². The van der Waals surface area contributed by atoms with Crippen molar-refractivity contribution < 1.29 is 0 Å². The van der Waals surface area contributed by atoms with Gasteiger partial charge < -0.3 is 16.0 Å². The predicted molar refractivity (Wildman–Crippen MR) is 76.7 cm³/mol. The maximum atomic E-state index is 5.77. The molecule has 0 spiro atoms. The molecule has 1 aromatic heterocycles. The van der Waals surface area contributed by atoms with Gasteiger partial charge in [0.1, 0.15) is 5.82 Å². The molecule has 1 heterocycles. The molecule has 0 amide bonds. The highest BCUT2D eigenvalue weighted by Crippen LogP contribution is 2.08. The monoisotopic (exact) mass is 249 g/mol. The van der Waals surface area contributed by atoms with Gasteiger partial charge in [0.15, 0.2) is 5.96 Å². The molecule has 1 rings (SSSR count). The van der Waals surface area contributed by atoms with Crippen molar-refractivity contribution in [2.75, 3.05) is 25.5 Å². The van der Waals surface area contributed by atoms with Crippen LogP contribution in [0.3, 0.4) is 0 Å². The average molecular weight is 249 g/mol. The molecule has 0 radical (unpaired) electrons. The van der Waals surface area contributed by atoms with E-state index in [4.69, 9.17) is 5.73 Å². The van der Waals surface area contributed by atoms with Gasteiger partial charge in [0.25, 0.3) is 0 Å². The maximum absolute atomic E-state index is 5.77. The molecule has 3 N–H and O–H groups in total. The zero-order valence-electron chi connectivity index (χ0n) is 11.6. The fourth-order valence-corrected chi connectivity index (χ4v) is 1.33. The lowest BCUT2D eigenvalue weighted by Gasteiger charge is -2.11. The molecule has 0 saturated heterocycles. The summed E-state index contributed by atoms with van der Waals surface area (Å²) in [5, 5.41) is 3.08. The molecular weight excluding hydrogens is 226 g/mol. The lowest BCUT2D eigenvalue weighted by molar-refractivity contribution is 0.621. The summed E-state index contributed by atoms with van der Waals surface area (Å²) in [7, 11) is 3.93. The highest BCUT2D eigenvalue weighted by Gasteiger charge is 2.00. The van der Waals surface area contributed by atoms with Crippen LogP contribution in [0.25, 0.3) is 0 Å². The maximum Gasteiger partial charge on any atom is 0.188 e. The largest absolute Gasteiger partial charge is 0.370 e. The van der Waals surface area contributed by atoms with Crippen molar-refractivity contribution in [1.82, 2.24) is 10.3 Å². The molecule has 1 aromatic rings. The van der Waals surface area contributed by atoms with Crippen molar-refractivity contribution >= 4 is 11.8 Å². The molecule has 18 heavy (non-hydrogen) atoms. The van der Waals surface area contributed by atoms with Gasteiger partial charge >= 0.3 is 0 Å². The number of guanidine groups is 1. The zero-order chi connectivity index (χ0) is 13.5. The van der Waals surface area contributed by atoms with E-state index >= 15 is 0 Å². The Morgan fingerprint density at radius 3 is 2.78 bits per heavy atom. The summed E-state index contributed by atoms with van der Waals surface area (Å²) < 4.78 is 0. The van der Waals surface area contributed by atoms with Crippen molar-refractivity contribution in [3.05, 3.63) is 23.9 Å². The number of hydrogen-bond donors (Lipinski definition) is 2. The summed E-state index contributed by atoms with van der Waals surface area (Å²) >= 11 is 0. The first-order valence-corrected chi connectivity index (χ1v) is 6.16. The first kappa shape index (κ1) is 14.3. The van der Waals surface area contributed by atoms with Crippen LogP contribution in [0, 0.1) is 5.92 Å². The molecule has 0 saturated carbocycles. The lowest BCUT2D eigenvalue weighted by atomic mass is 10.2. The van der Waals surface area contributed by atoms with E-state index in [1.165, 1.54) is 0 Å². The Hall–Kier alpha value is -1.78. The Morgan fingerprint density at radius 1 is 1.44 bits per heavy atom. The fraction of sp³-hybridized carbons (Fsp3) is 0.538. The zero-order valence-corrected chi connectivity index (χ0v) is 11.6. The topological polar surface area (TPSA) is 66.5 Å². The van der Waals surface area contributed by atoms with E-state index in [0.29, 0.717) is 18.4 Å². The van der Waals surface area contributed by atoms with Crippen molar-refractivity contribution in [3.63, 3.8) is 0 Å². The number of hydrogen-bond acceptors (Lipinski definition) is 3. The van der Waals surface area contributed by atoms with Gasteiger partial charge in [-0.05, 0) is 18.1 Å². The van der Waals surface area contributed by atoms with E-state index in [1.54, 1.807) is 0 Å². The summed E-state index contributed by atoms with van der Waals surface area (Å²) in [6.07, 6.45) is 0. The van der Waals surface area contributed by atoms with Gasteiger partial charge in [-0.3, -0.25) is 0 Å². The van der Waals surface area contributed by atoms with Crippen LogP contribution in [0.15, 0.2) is 23.2 Å². The van der Waals surface area contributed by atoms with Crippen LogP contribution in [-0.2, 0) is 6.54 Å². The molecule has 0 fully saturated rings. The molecule has 0 bridgehead atoms. The summed E-state index contributed by atoms with van der Waals surface area (Å²) in [5.74, 6) is 1.95. The van der Waals surface area contributed by atoms with Crippen molar-refractivity contribution in [3.8, 4) is 0 Å². The number of rotatable bonds is 5. The van der Waals surface area contributed by atoms with Gasteiger partial charge in [-0.15, -0.1) is 0 Å². The Kier molecular flexibility index (Phi) is 5.42. The van der Waals surface area contributed by atoms with Gasteiger partial charge in [0, 0.05) is 20.6 Å². The number of nitrogens with two attached hydrogens (primary N) is 1. The third kappa shape index (κ3) is 5.03. The van der Waals surface area contributed by atoms with Crippen LogP contribution in [0.1, 0.15) is 19.5 Å². The van der Waals surface area contributed by atoms with Gasteiger partial charge in [-0.25, -0.2) is 9.98 Å².